The van der Waals surface area contributed by atoms with Crippen LogP contribution < -0.4 is 10.6 Å². The van der Waals surface area contributed by atoms with Crippen LogP contribution in [0.3, 0.4) is 0 Å². The molecule has 0 aromatic carbocycles. The van der Waals surface area contributed by atoms with Crippen LogP contribution in [0.5, 0.6) is 0 Å². The second-order valence-corrected chi connectivity index (χ2v) is 7.25. The Bertz CT molecular complexity index is 362. The molecule has 0 atom stereocenters. The van der Waals surface area contributed by atoms with Crippen molar-refractivity contribution in [1.82, 2.24) is 10.6 Å². The van der Waals surface area contributed by atoms with Crippen molar-refractivity contribution < 1.29 is 13.2 Å². The fourth-order valence-corrected chi connectivity index (χ4v) is 3.54. The smallest absolute Gasteiger partial charge is 0.223 e. The summed E-state index contributed by atoms with van der Waals surface area (Å²) in [5.41, 5.74) is 0. The molecule has 6 heteroatoms. The SMILES string of the molecule is O=C(NCCNC1CCS(=O)(=O)CC1)C1CC1. The number of carbonyl (C=O) groups excluding carboxylic acids is 1. The molecule has 1 saturated carbocycles. The molecule has 0 aromatic rings. The molecule has 17 heavy (non-hydrogen) atoms. The lowest BCUT2D eigenvalue weighted by Crippen LogP contribution is -2.41. The molecule has 1 saturated heterocycles. The molecule has 0 bridgehead atoms. The zero-order chi connectivity index (χ0) is 12.3. The number of hydrogen-bond acceptors (Lipinski definition) is 4. The van der Waals surface area contributed by atoms with Gasteiger partial charge in [0.25, 0.3) is 0 Å². The first kappa shape index (κ1) is 12.8. The molecule has 0 spiro atoms. The molecule has 2 rings (SSSR count). The van der Waals surface area contributed by atoms with E-state index in [9.17, 15) is 13.2 Å². The van der Waals surface area contributed by atoms with Crippen molar-refractivity contribution in [3.8, 4) is 0 Å². The highest BCUT2D eigenvalue weighted by molar-refractivity contribution is 7.91. The molecule has 0 aromatic heterocycles. The molecule has 1 aliphatic heterocycles. The summed E-state index contributed by atoms with van der Waals surface area (Å²) in [5.74, 6) is 1.01. The summed E-state index contributed by atoms with van der Waals surface area (Å²) in [7, 11) is -2.77. The van der Waals surface area contributed by atoms with Crippen LogP contribution in [0.2, 0.25) is 0 Å². The van der Waals surface area contributed by atoms with Crippen LogP contribution in [0.1, 0.15) is 25.7 Å². The van der Waals surface area contributed by atoms with Crippen LogP contribution >= 0.6 is 0 Å². The van der Waals surface area contributed by atoms with Gasteiger partial charge in [-0.05, 0) is 25.7 Å². The summed E-state index contributed by atoms with van der Waals surface area (Å²) >= 11 is 0. The molecule has 1 amide bonds. The number of amides is 1. The van der Waals surface area contributed by atoms with E-state index in [-0.39, 0.29) is 17.9 Å². The van der Waals surface area contributed by atoms with Gasteiger partial charge in [0.2, 0.25) is 5.91 Å². The highest BCUT2D eigenvalue weighted by Crippen LogP contribution is 2.28. The van der Waals surface area contributed by atoms with E-state index in [0.717, 1.165) is 19.4 Å². The number of hydrogen-bond donors (Lipinski definition) is 2. The number of rotatable bonds is 5. The van der Waals surface area contributed by atoms with Gasteiger partial charge in [0.1, 0.15) is 9.84 Å². The zero-order valence-electron chi connectivity index (χ0n) is 9.94. The summed E-state index contributed by atoms with van der Waals surface area (Å²) < 4.78 is 22.4. The minimum Gasteiger partial charge on any atom is -0.355 e. The summed E-state index contributed by atoms with van der Waals surface area (Å²) in [6.45, 7) is 1.36. The highest BCUT2D eigenvalue weighted by Gasteiger charge is 2.29. The van der Waals surface area contributed by atoms with E-state index in [1.54, 1.807) is 0 Å². The van der Waals surface area contributed by atoms with E-state index < -0.39 is 9.84 Å². The Kier molecular flexibility index (Phi) is 4.04. The normalized spacial score (nSPS) is 24.5. The largest absolute Gasteiger partial charge is 0.355 e. The standard InChI is InChI=1S/C11H20N2O3S/c14-11(9-1-2-9)13-6-5-12-10-3-7-17(15,16)8-4-10/h9-10,12H,1-8H2,(H,13,14). The van der Waals surface area contributed by atoms with Gasteiger partial charge < -0.3 is 10.6 Å². The van der Waals surface area contributed by atoms with Crippen molar-refractivity contribution in [3.63, 3.8) is 0 Å². The van der Waals surface area contributed by atoms with Crippen LogP contribution in [0, 0.1) is 5.92 Å². The van der Waals surface area contributed by atoms with Gasteiger partial charge in [-0.25, -0.2) is 8.42 Å². The predicted molar refractivity (Wildman–Crippen MR) is 65.4 cm³/mol. The Morgan fingerprint density at radius 3 is 2.29 bits per heavy atom. The fraction of sp³-hybridized carbons (Fsp3) is 0.909. The first-order valence-electron chi connectivity index (χ1n) is 6.28. The zero-order valence-corrected chi connectivity index (χ0v) is 10.8. The van der Waals surface area contributed by atoms with Gasteiger partial charge in [-0.2, -0.15) is 0 Å². The Morgan fingerprint density at radius 1 is 1.06 bits per heavy atom. The van der Waals surface area contributed by atoms with Gasteiger partial charge in [-0.15, -0.1) is 0 Å². The third-order valence-corrected chi connectivity index (χ3v) is 5.08. The Morgan fingerprint density at radius 2 is 1.71 bits per heavy atom. The van der Waals surface area contributed by atoms with Crippen molar-refractivity contribution >= 4 is 15.7 Å². The molecule has 1 aliphatic carbocycles. The maximum atomic E-state index is 11.3. The van der Waals surface area contributed by atoms with E-state index in [2.05, 4.69) is 10.6 Å². The number of nitrogens with one attached hydrogen (secondary N) is 2. The van der Waals surface area contributed by atoms with Crippen LogP contribution in [-0.4, -0.2) is 45.0 Å². The van der Waals surface area contributed by atoms with Crippen LogP contribution in [0.25, 0.3) is 0 Å². The van der Waals surface area contributed by atoms with Crippen molar-refractivity contribution in [2.45, 2.75) is 31.7 Å². The second kappa shape index (κ2) is 5.35. The number of sulfone groups is 1. The number of carbonyl (C=O) groups is 1. The van der Waals surface area contributed by atoms with Crippen molar-refractivity contribution in [2.24, 2.45) is 5.92 Å². The van der Waals surface area contributed by atoms with E-state index in [1.165, 1.54) is 0 Å². The van der Waals surface area contributed by atoms with Crippen molar-refractivity contribution in [3.05, 3.63) is 0 Å². The van der Waals surface area contributed by atoms with E-state index in [4.69, 9.17) is 0 Å². The molecule has 2 aliphatic rings. The van der Waals surface area contributed by atoms with Gasteiger partial charge in [0.05, 0.1) is 11.5 Å². The molecular formula is C11H20N2O3S. The Labute approximate surface area is 102 Å². The average Bonchev–Trinajstić information content (AvgIpc) is 3.09. The fourth-order valence-electron chi connectivity index (χ4n) is 2.05. The Balaban J connectivity index is 1.55. The predicted octanol–water partition coefficient (Wildman–Crippen LogP) is -0.321. The first-order chi connectivity index (χ1) is 8.07. The minimum absolute atomic E-state index is 0.165. The van der Waals surface area contributed by atoms with E-state index in [0.29, 0.717) is 30.9 Å². The van der Waals surface area contributed by atoms with E-state index in [1.807, 2.05) is 0 Å². The first-order valence-corrected chi connectivity index (χ1v) is 8.10. The molecule has 0 unspecified atom stereocenters. The molecule has 5 nitrogen and oxygen atoms in total. The van der Waals surface area contributed by atoms with Crippen LogP contribution in [0.15, 0.2) is 0 Å². The lowest BCUT2D eigenvalue weighted by atomic mass is 10.1. The molecule has 1 heterocycles. The summed E-state index contributed by atoms with van der Waals surface area (Å²) in [5, 5.41) is 6.18. The van der Waals surface area contributed by atoms with Crippen LogP contribution in [0.4, 0.5) is 0 Å². The topological polar surface area (TPSA) is 75.3 Å². The van der Waals surface area contributed by atoms with Crippen molar-refractivity contribution in [2.75, 3.05) is 24.6 Å². The van der Waals surface area contributed by atoms with E-state index >= 15 is 0 Å². The minimum atomic E-state index is -2.77. The lowest BCUT2D eigenvalue weighted by Gasteiger charge is -2.23. The molecule has 98 valence electrons. The average molecular weight is 260 g/mol. The molecular weight excluding hydrogens is 240 g/mol. The molecule has 2 N–H and O–H groups in total. The quantitative estimate of drug-likeness (QED) is 0.664. The monoisotopic (exact) mass is 260 g/mol. The third kappa shape index (κ3) is 4.27. The molecule has 2 fully saturated rings. The molecule has 0 radical (unpaired) electrons. The van der Waals surface area contributed by atoms with Gasteiger partial charge in [0.15, 0.2) is 0 Å². The summed E-state index contributed by atoms with van der Waals surface area (Å²) in [6.07, 6.45) is 3.44. The maximum absolute atomic E-state index is 11.3. The Hall–Kier alpha value is -0.620. The van der Waals surface area contributed by atoms with Crippen molar-refractivity contribution in [1.29, 1.82) is 0 Å². The van der Waals surface area contributed by atoms with Gasteiger partial charge in [-0.3, -0.25) is 4.79 Å². The van der Waals surface area contributed by atoms with Gasteiger partial charge in [-0.1, -0.05) is 0 Å². The lowest BCUT2D eigenvalue weighted by molar-refractivity contribution is -0.122. The second-order valence-electron chi connectivity index (χ2n) is 4.95. The summed E-state index contributed by atoms with van der Waals surface area (Å²) in [4.78, 5) is 11.3. The summed E-state index contributed by atoms with van der Waals surface area (Å²) in [6, 6.07) is 0.288. The van der Waals surface area contributed by atoms with Crippen LogP contribution in [-0.2, 0) is 14.6 Å². The van der Waals surface area contributed by atoms with Gasteiger partial charge in [0, 0.05) is 25.0 Å². The van der Waals surface area contributed by atoms with Gasteiger partial charge >= 0.3 is 0 Å². The highest BCUT2D eigenvalue weighted by atomic mass is 32.2. The maximum Gasteiger partial charge on any atom is 0.223 e. The third-order valence-electron chi connectivity index (χ3n) is 3.36.